The molecule has 0 aromatic heterocycles. The number of hydrogen-bond acceptors (Lipinski definition) is 6. The normalized spacial score (nSPS) is 17.8. The molecule has 1 saturated heterocycles. The largest absolute Gasteiger partial charge is 0.486 e. The summed E-state index contributed by atoms with van der Waals surface area (Å²) in [6.45, 7) is 6.71. The van der Waals surface area contributed by atoms with Gasteiger partial charge in [-0.2, -0.15) is 5.26 Å². The molecular weight excluding hydrogens is 364 g/mol. The third-order valence-corrected chi connectivity index (χ3v) is 4.35. The van der Waals surface area contributed by atoms with Crippen molar-refractivity contribution in [1.82, 2.24) is 10.2 Å². The molecule has 1 N–H and O–H groups in total. The van der Waals surface area contributed by atoms with Crippen molar-refractivity contribution in [2.75, 3.05) is 19.3 Å². The summed E-state index contributed by atoms with van der Waals surface area (Å²) in [7, 11) is 0. The van der Waals surface area contributed by atoms with Crippen molar-refractivity contribution in [2.45, 2.75) is 45.3 Å². The molecule has 0 saturated carbocycles. The molecule has 1 atom stereocenters. The number of amides is 1. The highest BCUT2D eigenvalue weighted by molar-refractivity contribution is 8.13. The lowest BCUT2D eigenvalue weighted by Gasteiger charge is -2.34. The minimum absolute atomic E-state index is 0.135. The number of likely N-dealkylation sites (tertiary alicyclic amines) is 1. The van der Waals surface area contributed by atoms with Crippen molar-refractivity contribution in [3.8, 4) is 11.9 Å². The van der Waals surface area contributed by atoms with Crippen LogP contribution in [0.4, 0.5) is 10.5 Å². The second-order valence-electron chi connectivity index (χ2n) is 7.13. The molecule has 1 aliphatic rings. The van der Waals surface area contributed by atoms with Gasteiger partial charge in [0.25, 0.3) is 0 Å². The van der Waals surface area contributed by atoms with Gasteiger partial charge in [0.15, 0.2) is 11.4 Å². The number of para-hydroxylation sites is 2. The number of nitrogens with zero attached hydrogens (tertiary/aromatic N) is 3. The number of amidine groups is 1. The summed E-state index contributed by atoms with van der Waals surface area (Å²) >= 11 is 1.35. The summed E-state index contributed by atoms with van der Waals surface area (Å²) in [6.07, 6.45) is 4.97. The van der Waals surface area contributed by atoms with Crippen LogP contribution >= 0.6 is 11.8 Å². The maximum Gasteiger partial charge on any atom is 0.410 e. The highest BCUT2D eigenvalue weighted by Crippen LogP contribution is 2.30. The predicted octanol–water partition coefficient (Wildman–Crippen LogP) is 3.89. The first-order chi connectivity index (χ1) is 12.8. The van der Waals surface area contributed by atoms with E-state index in [4.69, 9.17) is 14.7 Å². The van der Waals surface area contributed by atoms with Gasteiger partial charge >= 0.3 is 6.09 Å². The average molecular weight is 391 g/mol. The molecule has 8 heteroatoms. The number of nitrogens with one attached hydrogen (secondary N) is 1. The lowest BCUT2D eigenvalue weighted by atomic mass is 10.1. The smallest absolute Gasteiger partial charge is 0.410 e. The second-order valence-corrected chi connectivity index (χ2v) is 7.93. The Labute approximate surface area is 164 Å². The van der Waals surface area contributed by atoms with Gasteiger partial charge in [-0.15, -0.1) is 0 Å². The number of benzene rings is 1. The number of nitriles is 1. The van der Waals surface area contributed by atoms with E-state index < -0.39 is 5.60 Å². The van der Waals surface area contributed by atoms with Crippen molar-refractivity contribution in [3.63, 3.8) is 0 Å². The quantitative estimate of drug-likeness (QED) is 0.365. The van der Waals surface area contributed by atoms with Crippen LogP contribution in [0.25, 0.3) is 0 Å². The predicted molar refractivity (Wildman–Crippen MR) is 107 cm³/mol. The van der Waals surface area contributed by atoms with Crippen LogP contribution in [0.5, 0.6) is 5.75 Å². The Kier molecular flexibility index (Phi) is 7.36. The molecule has 1 aromatic rings. The number of carbonyl (C=O) groups excluding carboxylic acids is 1. The third kappa shape index (κ3) is 6.68. The molecular formula is C19H26N4O3S. The summed E-state index contributed by atoms with van der Waals surface area (Å²) in [5.41, 5.74) is 0.118. The van der Waals surface area contributed by atoms with E-state index in [-0.39, 0.29) is 12.2 Å². The molecule has 7 nitrogen and oxygen atoms in total. The Hall–Kier alpha value is -2.40. The number of ether oxygens (including phenoxy) is 2. The molecule has 2 rings (SSSR count). The first-order valence-corrected chi connectivity index (χ1v) is 10.1. The highest BCUT2D eigenvalue weighted by Gasteiger charge is 2.28. The van der Waals surface area contributed by atoms with E-state index in [0.717, 1.165) is 12.8 Å². The van der Waals surface area contributed by atoms with Gasteiger partial charge in [0.1, 0.15) is 23.1 Å². The van der Waals surface area contributed by atoms with E-state index in [2.05, 4.69) is 10.3 Å². The summed E-state index contributed by atoms with van der Waals surface area (Å²) in [5.74, 6) is 0.625. The number of aliphatic imine (C=N–C) groups is 1. The van der Waals surface area contributed by atoms with Crippen molar-refractivity contribution in [2.24, 2.45) is 4.99 Å². The van der Waals surface area contributed by atoms with Gasteiger partial charge in [-0.1, -0.05) is 23.9 Å². The minimum atomic E-state index is -0.520. The number of carbonyl (C=O) groups is 1. The van der Waals surface area contributed by atoms with Crippen LogP contribution in [-0.2, 0) is 4.74 Å². The number of thioether (sulfide) groups is 1. The third-order valence-electron chi connectivity index (χ3n) is 3.77. The van der Waals surface area contributed by atoms with Crippen molar-refractivity contribution in [3.05, 3.63) is 24.3 Å². The van der Waals surface area contributed by atoms with Gasteiger partial charge in [0.05, 0.1) is 6.54 Å². The van der Waals surface area contributed by atoms with Gasteiger partial charge < -0.3 is 14.4 Å². The SMILES string of the molecule is CSC(=Nc1ccccc1OC1CCCN(C(=O)OC(C)(C)C)C1)NC#N. The first kappa shape index (κ1) is 20.9. The van der Waals surface area contributed by atoms with Crippen molar-refractivity contribution < 1.29 is 14.3 Å². The van der Waals surface area contributed by atoms with Gasteiger partial charge in [0.2, 0.25) is 0 Å². The van der Waals surface area contributed by atoms with E-state index in [0.29, 0.717) is 29.7 Å². The molecule has 0 aliphatic carbocycles. The Morgan fingerprint density at radius 3 is 2.81 bits per heavy atom. The van der Waals surface area contributed by atoms with Crippen LogP contribution in [0.2, 0.25) is 0 Å². The highest BCUT2D eigenvalue weighted by atomic mass is 32.2. The van der Waals surface area contributed by atoms with Gasteiger partial charge in [-0.05, 0) is 52.0 Å². The maximum absolute atomic E-state index is 12.3. The van der Waals surface area contributed by atoms with E-state index in [1.54, 1.807) is 4.90 Å². The van der Waals surface area contributed by atoms with E-state index in [1.807, 2.05) is 57.5 Å². The minimum Gasteiger partial charge on any atom is -0.486 e. The standard InChI is InChI=1S/C19H26N4O3S/c1-19(2,3)26-18(24)23-11-7-8-14(12-23)25-16-10-6-5-9-15(16)22-17(27-4)21-13-20/h5-6,9-10,14H,7-8,11-12H2,1-4H3,(H,21,22). The zero-order valence-corrected chi connectivity index (χ0v) is 17.0. The van der Waals surface area contributed by atoms with E-state index in [9.17, 15) is 4.79 Å². The number of rotatable bonds is 3. The zero-order valence-electron chi connectivity index (χ0n) is 16.2. The Morgan fingerprint density at radius 2 is 2.15 bits per heavy atom. The van der Waals surface area contributed by atoms with Crippen LogP contribution in [0.3, 0.4) is 0 Å². The fourth-order valence-corrected chi connectivity index (χ4v) is 2.97. The molecule has 0 radical (unpaired) electrons. The van der Waals surface area contributed by atoms with E-state index in [1.165, 1.54) is 11.8 Å². The van der Waals surface area contributed by atoms with Crippen molar-refractivity contribution in [1.29, 1.82) is 5.26 Å². The Morgan fingerprint density at radius 1 is 1.41 bits per heavy atom. The van der Waals surface area contributed by atoms with Crippen LogP contribution in [0, 0.1) is 11.5 Å². The zero-order chi connectivity index (χ0) is 19.9. The van der Waals surface area contributed by atoms with Crippen LogP contribution in [0.15, 0.2) is 29.3 Å². The molecule has 146 valence electrons. The van der Waals surface area contributed by atoms with Gasteiger partial charge in [-0.3, -0.25) is 5.32 Å². The monoisotopic (exact) mass is 390 g/mol. The molecule has 1 unspecified atom stereocenters. The lowest BCUT2D eigenvalue weighted by Crippen LogP contribution is -2.46. The van der Waals surface area contributed by atoms with Crippen LogP contribution in [0.1, 0.15) is 33.6 Å². The average Bonchev–Trinajstić information content (AvgIpc) is 2.61. The summed E-state index contributed by atoms with van der Waals surface area (Å²) in [4.78, 5) is 18.5. The first-order valence-electron chi connectivity index (χ1n) is 8.84. The maximum atomic E-state index is 12.3. The molecule has 1 amide bonds. The molecule has 1 fully saturated rings. The molecule has 1 heterocycles. The van der Waals surface area contributed by atoms with Crippen LogP contribution in [-0.4, -0.2) is 47.2 Å². The van der Waals surface area contributed by atoms with Crippen molar-refractivity contribution >= 4 is 28.7 Å². The molecule has 27 heavy (non-hydrogen) atoms. The fourth-order valence-electron chi connectivity index (χ4n) is 2.64. The molecule has 0 spiro atoms. The topological polar surface area (TPSA) is 86.9 Å². The Balaban J connectivity index is 2.09. The number of hydrogen-bond donors (Lipinski definition) is 1. The summed E-state index contributed by atoms with van der Waals surface area (Å²) in [6, 6.07) is 7.41. The van der Waals surface area contributed by atoms with E-state index >= 15 is 0 Å². The second kappa shape index (κ2) is 9.51. The summed E-state index contributed by atoms with van der Waals surface area (Å²) < 4.78 is 11.6. The van der Waals surface area contributed by atoms with Crippen LogP contribution < -0.4 is 10.1 Å². The van der Waals surface area contributed by atoms with Gasteiger partial charge in [0, 0.05) is 6.54 Å². The van der Waals surface area contributed by atoms with Gasteiger partial charge in [-0.25, -0.2) is 9.79 Å². The molecule has 1 aliphatic heterocycles. The lowest BCUT2D eigenvalue weighted by molar-refractivity contribution is 0.00784. The molecule has 0 bridgehead atoms. The fraction of sp³-hybridized carbons (Fsp3) is 0.526. The number of piperidine rings is 1. The summed E-state index contributed by atoms with van der Waals surface area (Å²) in [5, 5.41) is 11.8. The molecule has 1 aromatic carbocycles. The Bertz CT molecular complexity index is 724.